The molecule has 0 unspecified atom stereocenters. The lowest BCUT2D eigenvalue weighted by Crippen LogP contribution is -2.40. The van der Waals surface area contributed by atoms with Gasteiger partial charge >= 0.3 is 5.97 Å². The summed E-state index contributed by atoms with van der Waals surface area (Å²) in [5, 5.41) is 0. The number of sulfonamides is 1. The van der Waals surface area contributed by atoms with Gasteiger partial charge in [-0.1, -0.05) is 35.1 Å². The molecule has 0 N–H and O–H groups in total. The van der Waals surface area contributed by atoms with Crippen molar-refractivity contribution in [2.45, 2.75) is 38.1 Å². The number of hydrogen-bond acceptors (Lipinski definition) is 6. The SMILES string of the molecule is COC(=O)Cn1c(=NC(=O)C2CCN(S(=O)(=O)c3ccc(C)cc3)CC2)sc2cc(C)ccc21. The largest absolute Gasteiger partial charge is 0.468 e. The molecule has 0 saturated carbocycles. The zero-order valence-corrected chi connectivity index (χ0v) is 21.0. The fourth-order valence-electron chi connectivity index (χ4n) is 4.00. The van der Waals surface area contributed by atoms with E-state index in [-0.39, 0.29) is 36.4 Å². The lowest BCUT2D eigenvalue weighted by atomic mass is 9.98. The number of carbonyl (C=O) groups is 2. The second-order valence-electron chi connectivity index (χ2n) is 8.46. The summed E-state index contributed by atoms with van der Waals surface area (Å²) in [4.78, 5) is 30.0. The van der Waals surface area contributed by atoms with Crippen molar-refractivity contribution in [3.63, 3.8) is 0 Å². The van der Waals surface area contributed by atoms with Crippen LogP contribution in [0.1, 0.15) is 24.0 Å². The fraction of sp³-hybridized carbons (Fsp3) is 0.375. The third kappa shape index (κ3) is 4.98. The number of esters is 1. The molecule has 1 aliphatic heterocycles. The normalized spacial score (nSPS) is 16.1. The number of piperidine rings is 1. The first-order valence-corrected chi connectivity index (χ1v) is 13.3. The van der Waals surface area contributed by atoms with E-state index in [0.29, 0.717) is 17.6 Å². The van der Waals surface area contributed by atoms with Gasteiger partial charge in [-0.15, -0.1) is 0 Å². The number of ether oxygens (including phenoxy) is 1. The highest BCUT2D eigenvalue weighted by Crippen LogP contribution is 2.25. The van der Waals surface area contributed by atoms with Gasteiger partial charge in [0, 0.05) is 19.0 Å². The van der Waals surface area contributed by atoms with Crippen LogP contribution in [0.2, 0.25) is 0 Å². The number of amides is 1. The van der Waals surface area contributed by atoms with Crippen LogP contribution in [-0.2, 0) is 30.9 Å². The quantitative estimate of drug-likeness (QED) is 0.501. The summed E-state index contributed by atoms with van der Waals surface area (Å²) >= 11 is 1.35. The van der Waals surface area contributed by atoms with Gasteiger partial charge in [-0.05, 0) is 56.5 Å². The van der Waals surface area contributed by atoms with Crippen LogP contribution in [0, 0.1) is 19.8 Å². The van der Waals surface area contributed by atoms with Crippen LogP contribution in [0.4, 0.5) is 0 Å². The van der Waals surface area contributed by atoms with Crippen LogP contribution in [0.3, 0.4) is 0 Å². The highest BCUT2D eigenvalue weighted by molar-refractivity contribution is 7.89. The number of nitrogens with zero attached hydrogens (tertiary/aromatic N) is 3. The number of thiazole rings is 1. The van der Waals surface area contributed by atoms with Gasteiger partial charge in [-0.2, -0.15) is 9.30 Å². The zero-order chi connectivity index (χ0) is 24.5. The number of aromatic nitrogens is 1. The average Bonchev–Trinajstić information content (AvgIpc) is 3.14. The van der Waals surface area contributed by atoms with Crippen molar-refractivity contribution in [2.75, 3.05) is 20.2 Å². The van der Waals surface area contributed by atoms with Crippen LogP contribution in [0.25, 0.3) is 10.2 Å². The van der Waals surface area contributed by atoms with E-state index in [1.807, 2.05) is 32.0 Å². The number of hydrogen-bond donors (Lipinski definition) is 0. The molecule has 1 aliphatic rings. The predicted molar refractivity (Wildman–Crippen MR) is 130 cm³/mol. The van der Waals surface area contributed by atoms with E-state index < -0.39 is 16.0 Å². The van der Waals surface area contributed by atoms with Crippen LogP contribution in [-0.4, -0.2) is 49.4 Å². The standard InChI is InChI=1S/C24H27N3O5S2/c1-16-4-7-19(8-5-16)34(30,31)26-12-10-18(11-13-26)23(29)25-24-27(15-22(28)32-3)20-9-6-17(2)14-21(20)33-24/h4-9,14,18H,10-13,15H2,1-3H3. The minimum atomic E-state index is -3.59. The molecule has 4 rings (SSSR count). The van der Waals surface area contributed by atoms with E-state index in [0.717, 1.165) is 21.3 Å². The summed E-state index contributed by atoms with van der Waals surface area (Å²) < 4.78 is 34.7. The Morgan fingerprint density at radius 2 is 1.71 bits per heavy atom. The first-order chi connectivity index (χ1) is 16.2. The highest BCUT2D eigenvalue weighted by Gasteiger charge is 2.32. The summed E-state index contributed by atoms with van der Waals surface area (Å²) in [6.45, 7) is 4.36. The Labute approximate surface area is 202 Å². The molecule has 0 bridgehead atoms. The average molecular weight is 502 g/mol. The van der Waals surface area contributed by atoms with Crippen molar-refractivity contribution in [1.29, 1.82) is 0 Å². The van der Waals surface area contributed by atoms with Crippen LogP contribution in [0.15, 0.2) is 52.4 Å². The smallest absolute Gasteiger partial charge is 0.325 e. The van der Waals surface area contributed by atoms with Gasteiger partial charge in [0.1, 0.15) is 6.54 Å². The van der Waals surface area contributed by atoms with Crippen molar-refractivity contribution in [2.24, 2.45) is 10.9 Å². The number of fused-ring (bicyclic) bond motifs is 1. The summed E-state index contributed by atoms with van der Waals surface area (Å²) in [5.41, 5.74) is 2.87. The molecule has 180 valence electrons. The second-order valence-corrected chi connectivity index (χ2v) is 11.4. The molecule has 8 nitrogen and oxygen atoms in total. The van der Waals surface area contributed by atoms with Crippen molar-refractivity contribution in [3.8, 4) is 0 Å². The van der Waals surface area contributed by atoms with E-state index >= 15 is 0 Å². The maximum atomic E-state index is 13.0. The van der Waals surface area contributed by atoms with Gasteiger partial charge < -0.3 is 9.30 Å². The third-order valence-corrected chi connectivity index (χ3v) is 8.97. The lowest BCUT2D eigenvalue weighted by Gasteiger charge is -2.29. The summed E-state index contributed by atoms with van der Waals surface area (Å²) in [6, 6.07) is 12.6. The van der Waals surface area contributed by atoms with Crippen molar-refractivity contribution in [1.82, 2.24) is 8.87 Å². The fourth-order valence-corrected chi connectivity index (χ4v) is 6.60. The Hall–Kier alpha value is -2.82. The number of benzene rings is 2. The maximum absolute atomic E-state index is 13.0. The van der Waals surface area contributed by atoms with E-state index in [1.54, 1.807) is 28.8 Å². The molecule has 1 fully saturated rings. The van der Waals surface area contributed by atoms with Gasteiger partial charge in [0.25, 0.3) is 5.91 Å². The van der Waals surface area contributed by atoms with Gasteiger partial charge in [0.2, 0.25) is 10.0 Å². The Balaban J connectivity index is 1.54. The minimum Gasteiger partial charge on any atom is -0.468 e. The van der Waals surface area contributed by atoms with Crippen molar-refractivity contribution < 1.29 is 22.7 Å². The van der Waals surface area contributed by atoms with Gasteiger partial charge in [0.05, 0.1) is 22.2 Å². The Morgan fingerprint density at radius 3 is 2.35 bits per heavy atom. The highest BCUT2D eigenvalue weighted by atomic mass is 32.2. The van der Waals surface area contributed by atoms with Gasteiger partial charge in [0.15, 0.2) is 4.80 Å². The van der Waals surface area contributed by atoms with E-state index in [2.05, 4.69) is 4.99 Å². The maximum Gasteiger partial charge on any atom is 0.325 e. The summed E-state index contributed by atoms with van der Waals surface area (Å²) in [5.74, 6) is -1.10. The molecule has 1 aromatic heterocycles. The number of aryl methyl sites for hydroxylation is 2. The monoisotopic (exact) mass is 501 g/mol. The van der Waals surface area contributed by atoms with E-state index in [4.69, 9.17) is 4.74 Å². The molecule has 0 spiro atoms. The summed E-state index contributed by atoms with van der Waals surface area (Å²) in [7, 11) is -2.27. The molecule has 1 amide bonds. The van der Waals surface area contributed by atoms with Crippen LogP contribution >= 0.6 is 11.3 Å². The molecule has 2 heterocycles. The minimum absolute atomic E-state index is 0.0427. The predicted octanol–water partition coefficient (Wildman–Crippen LogP) is 3.02. The number of carbonyl (C=O) groups excluding carboxylic acids is 2. The zero-order valence-electron chi connectivity index (χ0n) is 19.4. The third-order valence-electron chi connectivity index (χ3n) is 6.02. The molecule has 1 saturated heterocycles. The van der Waals surface area contributed by atoms with Crippen LogP contribution < -0.4 is 4.80 Å². The topological polar surface area (TPSA) is 98.0 Å². The molecule has 0 atom stereocenters. The molecular weight excluding hydrogens is 474 g/mol. The molecule has 34 heavy (non-hydrogen) atoms. The molecular formula is C24H27N3O5S2. The van der Waals surface area contributed by atoms with Crippen molar-refractivity contribution in [3.05, 3.63) is 58.4 Å². The van der Waals surface area contributed by atoms with E-state index in [9.17, 15) is 18.0 Å². The van der Waals surface area contributed by atoms with Crippen LogP contribution in [0.5, 0.6) is 0 Å². The Morgan fingerprint density at radius 1 is 1.06 bits per heavy atom. The molecule has 3 aromatic rings. The molecule has 10 heteroatoms. The number of rotatable bonds is 5. The molecule has 2 aromatic carbocycles. The first kappa shape index (κ1) is 24.3. The first-order valence-electron chi connectivity index (χ1n) is 11.0. The van der Waals surface area contributed by atoms with Gasteiger partial charge in [-0.3, -0.25) is 9.59 Å². The lowest BCUT2D eigenvalue weighted by molar-refractivity contribution is -0.141. The number of methoxy groups -OCH3 is 1. The molecule has 0 radical (unpaired) electrons. The van der Waals surface area contributed by atoms with E-state index in [1.165, 1.54) is 22.8 Å². The van der Waals surface area contributed by atoms with Crippen molar-refractivity contribution >= 4 is 43.5 Å². The summed E-state index contributed by atoms with van der Waals surface area (Å²) in [6.07, 6.45) is 0.795. The molecule has 0 aliphatic carbocycles. The Bertz CT molecular complexity index is 1400. The second kappa shape index (κ2) is 9.81. The van der Waals surface area contributed by atoms with Gasteiger partial charge in [-0.25, -0.2) is 8.42 Å². The Kier molecular flexibility index (Phi) is 7.01.